The predicted octanol–water partition coefficient (Wildman–Crippen LogP) is 2.29. The Balaban J connectivity index is 2.19. The Morgan fingerprint density at radius 3 is 2.75 bits per heavy atom. The topological polar surface area (TPSA) is 55.6 Å². The molecule has 0 saturated heterocycles. The quantitative estimate of drug-likeness (QED) is 0.813. The number of hydrogen-bond acceptors (Lipinski definition) is 3. The van der Waals surface area contributed by atoms with Gasteiger partial charge in [-0.2, -0.15) is 0 Å². The first-order valence-corrected chi connectivity index (χ1v) is 6.89. The highest BCUT2D eigenvalue weighted by Gasteiger charge is 2.34. The summed E-state index contributed by atoms with van der Waals surface area (Å²) in [5, 5.41) is 0. The van der Waals surface area contributed by atoms with Crippen LogP contribution in [-0.2, 0) is 4.74 Å². The number of nitrogen functional groups attached to an aromatic ring is 1. The number of carbonyl (C=O) groups is 1. The average molecular weight is 280 g/mol. The van der Waals surface area contributed by atoms with E-state index in [9.17, 15) is 9.18 Å². The SMILES string of the molecule is COCCN(C(=O)c1cc(N)cc(F)c1)C(C)C1CC1. The molecule has 0 spiro atoms. The molecular formula is C15H21FN2O2. The molecule has 1 aliphatic rings. The lowest BCUT2D eigenvalue weighted by Gasteiger charge is -2.29. The highest BCUT2D eigenvalue weighted by molar-refractivity contribution is 5.95. The summed E-state index contributed by atoms with van der Waals surface area (Å²) in [6.07, 6.45) is 2.28. The molecule has 4 nitrogen and oxygen atoms in total. The molecule has 2 rings (SSSR count). The van der Waals surface area contributed by atoms with Crippen LogP contribution in [0.5, 0.6) is 0 Å². The average Bonchev–Trinajstić information content (AvgIpc) is 3.21. The van der Waals surface area contributed by atoms with Gasteiger partial charge in [-0.25, -0.2) is 4.39 Å². The Morgan fingerprint density at radius 2 is 2.20 bits per heavy atom. The standard InChI is InChI=1S/C15H21FN2O2/c1-10(11-3-4-11)18(5-6-20-2)15(19)12-7-13(16)9-14(17)8-12/h7-11H,3-6,17H2,1-2H3. The molecule has 5 heteroatoms. The van der Waals surface area contributed by atoms with Gasteiger partial charge in [0.15, 0.2) is 0 Å². The molecule has 20 heavy (non-hydrogen) atoms. The maximum atomic E-state index is 13.4. The summed E-state index contributed by atoms with van der Waals surface area (Å²) in [6, 6.07) is 4.10. The van der Waals surface area contributed by atoms with Gasteiger partial charge < -0.3 is 15.4 Å². The van der Waals surface area contributed by atoms with Crippen LogP contribution in [-0.4, -0.2) is 37.1 Å². The fraction of sp³-hybridized carbons (Fsp3) is 0.533. The summed E-state index contributed by atoms with van der Waals surface area (Å²) in [7, 11) is 1.60. The number of carbonyl (C=O) groups excluding carboxylic acids is 1. The zero-order valence-electron chi connectivity index (χ0n) is 11.9. The van der Waals surface area contributed by atoms with Crippen molar-refractivity contribution in [3.8, 4) is 0 Å². The zero-order chi connectivity index (χ0) is 14.7. The number of amides is 1. The van der Waals surface area contributed by atoms with Gasteiger partial charge in [-0.1, -0.05) is 0 Å². The lowest BCUT2D eigenvalue weighted by molar-refractivity contribution is 0.0594. The Bertz CT molecular complexity index is 469. The van der Waals surface area contributed by atoms with Crippen molar-refractivity contribution in [2.45, 2.75) is 25.8 Å². The summed E-state index contributed by atoms with van der Waals surface area (Å²) in [5.74, 6) is -0.131. The lowest BCUT2D eigenvalue weighted by Crippen LogP contribution is -2.42. The molecule has 2 N–H and O–H groups in total. The number of nitrogens with two attached hydrogens (primary N) is 1. The minimum absolute atomic E-state index is 0.141. The van der Waals surface area contributed by atoms with Gasteiger partial charge in [0.25, 0.3) is 5.91 Å². The molecule has 1 atom stereocenters. The van der Waals surface area contributed by atoms with Gasteiger partial charge in [0.1, 0.15) is 5.82 Å². The molecule has 0 aromatic heterocycles. The largest absolute Gasteiger partial charge is 0.399 e. The maximum absolute atomic E-state index is 13.4. The van der Waals surface area contributed by atoms with Crippen molar-refractivity contribution in [3.05, 3.63) is 29.6 Å². The summed E-state index contributed by atoms with van der Waals surface area (Å²) >= 11 is 0. The van der Waals surface area contributed by atoms with Crippen LogP contribution in [0.3, 0.4) is 0 Å². The Labute approximate surface area is 118 Å². The summed E-state index contributed by atoms with van der Waals surface area (Å²) < 4.78 is 18.5. The summed E-state index contributed by atoms with van der Waals surface area (Å²) in [5.41, 5.74) is 6.17. The van der Waals surface area contributed by atoms with E-state index in [0.717, 1.165) is 12.8 Å². The van der Waals surface area contributed by atoms with Crippen molar-refractivity contribution >= 4 is 11.6 Å². The van der Waals surface area contributed by atoms with E-state index in [4.69, 9.17) is 10.5 Å². The third-order valence-electron chi connectivity index (χ3n) is 3.76. The van der Waals surface area contributed by atoms with Gasteiger partial charge in [-0.05, 0) is 43.9 Å². The molecule has 1 amide bonds. The van der Waals surface area contributed by atoms with Crippen molar-refractivity contribution in [2.24, 2.45) is 5.92 Å². The first-order chi connectivity index (χ1) is 9.52. The number of anilines is 1. The van der Waals surface area contributed by atoms with Crippen LogP contribution in [0.1, 0.15) is 30.1 Å². The van der Waals surface area contributed by atoms with Gasteiger partial charge in [0, 0.05) is 30.9 Å². The van der Waals surface area contributed by atoms with Crippen LogP contribution in [0.2, 0.25) is 0 Å². The molecule has 1 fully saturated rings. The van der Waals surface area contributed by atoms with E-state index in [1.165, 1.54) is 18.2 Å². The van der Waals surface area contributed by atoms with Gasteiger partial charge in [-0.15, -0.1) is 0 Å². The monoisotopic (exact) mass is 280 g/mol. The van der Waals surface area contributed by atoms with E-state index in [0.29, 0.717) is 24.6 Å². The Morgan fingerprint density at radius 1 is 1.50 bits per heavy atom. The summed E-state index contributed by atoms with van der Waals surface area (Å²) in [6.45, 7) is 3.00. The van der Waals surface area contributed by atoms with Gasteiger partial charge >= 0.3 is 0 Å². The van der Waals surface area contributed by atoms with Gasteiger partial charge in [0.2, 0.25) is 0 Å². The Kier molecular flexibility index (Phi) is 4.60. The number of ether oxygens (including phenoxy) is 1. The van der Waals surface area contributed by atoms with Crippen molar-refractivity contribution in [1.82, 2.24) is 4.90 Å². The van der Waals surface area contributed by atoms with Gasteiger partial charge in [-0.3, -0.25) is 4.79 Å². The third-order valence-corrected chi connectivity index (χ3v) is 3.76. The van der Waals surface area contributed by atoms with E-state index in [1.54, 1.807) is 12.0 Å². The maximum Gasteiger partial charge on any atom is 0.254 e. The van der Waals surface area contributed by atoms with Crippen LogP contribution in [0, 0.1) is 11.7 Å². The van der Waals surface area contributed by atoms with Crippen molar-refractivity contribution in [1.29, 1.82) is 0 Å². The predicted molar refractivity (Wildman–Crippen MR) is 75.9 cm³/mol. The Hall–Kier alpha value is -1.62. The van der Waals surface area contributed by atoms with E-state index in [2.05, 4.69) is 0 Å². The number of hydrogen-bond donors (Lipinski definition) is 1. The second-order valence-electron chi connectivity index (χ2n) is 5.34. The second-order valence-corrected chi connectivity index (χ2v) is 5.34. The molecule has 1 unspecified atom stereocenters. The smallest absolute Gasteiger partial charge is 0.254 e. The molecule has 0 heterocycles. The number of nitrogens with zero attached hydrogens (tertiary/aromatic N) is 1. The van der Waals surface area contributed by atoms with Crippen molar-refractivity contribution < 1.29 is 13.9 Å². The minimum atomic E-state index is -0.487. The fourth-order valence-electron chi connectivity index (χ4n) is 2.41. The third kappa shape index (κ3) is 3.48. The molecule has 1 aromatic rings. The molecule has 0 bridgehead atoms. The van der Waals surface area contributed by atoms with Crippen LogP contribution in [0.15, 0.2) is 18.2 Å². The van der Waals surface area contributed by atoms with Crippen molar-refractivity contribution in [3.63, 3.8) is 0 Å². The number of rotatable bonds is 6. The van der Waals surface area contributed by atoms with E-state index in [-0.39, 0.29) is 17.6 Å². The van der Waals surface area contributed by atoms with E-state index < -0.39 is 5.82 Å². The van der Waals surface area contributed by atoms with E-state index >= 15 is 0 Å². The van der Waals surface area contributed by atoms with Crippen LogP contribution < -0.4 is 5.73 Å². The minimum Gasteiger partial charge on any atom is -0.399 e. The molecule has 0 aliphatic heterocycles. The van der Waals surface area contributed by atoms with Crippen LogP contribution in [0.4, 0.5) is 10.1 Å². The first-order valence-electron chi connectivity index (χ1n) is 6.89. The van der Waals surface area contributed by atoms with Crippen LogP contribution >= 0.6 is 0 Å². The molecule has 1 aliphatic carbocycles. The first kappa shape index (κ1) is 14.8. The van der Waals surface area contributed by atoms with Gasteiger partial charge in [0.05, 0.1) is 6.61 Å². The number of methoxy groups -OCH3 is 1. The number of halogens is 1. The van der Waals surface area contributed by atoms with Crippen LogP contribution in [0.25, 0.3) is 0 Å². The molecular weight excluding hydrogens is 259 g/mol. The molecule has 1 aromatic carbocycles. The second kappa shape index (κ2) is 6.22. The normalized spacial score (nSPS) is 15.9. The van der Waals surface area contributed by atoms with E-state index in [1.807, 2.05) is 6.92 Å². The molecule has 1 saturated carbocycles. The highest BCUT2D eigenvalue weighted by atomic mass is 19.1. The van der Waals surface area contributed by atoms with Crippen molar-refractivity contribution in [2.75, 3.05) is 26.0 Å². The number of benzene rings is 1. The zero-order valence-corrected chi connectivity index (χ0v) is 11.9. The fourth-order valence-corrected chi connectivity index (χ4v) is 2.41. The molecule has 0 radical (unpaired) electrons. The molecule has 110 valence electrons. The summed E-state index contributed by atoms with van der Waals surface area (Å²) in [4.78, 5) is 14.3. The highest BCUT2D eigenvalue weighted by Crippen LogP contribution is 2.35. The lowest BCUT2D eigenvalue weighted by atomic mass is 10.1.